The molecule has 0 aliphatic carbocycles. The second-order valence-corrected chi connectivity index (χ2v) is 8.65. The molecule has 1 heterocycles. The maximum Gasteiger partial charge on any atom is 0.191 e. The minimum atomic E-state index is -2.91. The van der Waals surface area contributed by atoms with Crippen molar-refractivity contribution in [3.63, 3.8) is 0 Å². The monoisotopic (exact) mass is 487 g/mol. The van der Waals surface area contributed by atoms with Crippen LogP contribution in [0.2, 0.25) is 0 Å². The molecule has 1 unspecified atom stereocenters. The smallest absolute Gasteiger partial charge is 0.191 e. The van der Waals surface area contributed by atoms with E-state index >= 15 is 0 Å². The van der Waals surface area contributed by atoms with E-state index in [-0.39, 0.29) is 47.3 Å². The number of nitrogens with one attached hydrogen (secondary N) is 2. The first-order valence-corrected chi connectivity index (χ1v) is 10.4. The number of hydrogen-bond donors (Lipinski definition) is 2. The first kappa shape index (κ1) is 21.5. The summed E-state index contributed by atoms with van der Waals surface area (Å²) in [7, 11) is -2.91. The van der Waals surface area contributed by atoms with Gasteiger partial charge in [-0.05, 0) is 25.5 Å². The van der Waals surface area contributed by atoms with Crippen LogP contribution in [0.3, 0.4) is 0 Å². The van der Waals surface area contributed by atoms with Gasteiger partial charge in [0.15, 0.2) is 15.8 Å². The van der Waals surface area contributed by atoms with Crippen molar-refractivity contribution in [2.45, 2.75) is 24.3 Å². The van der Waals surface area contributed by atoms with Crippen molar-refractivity contribution in [1.82, 2.24) is 10.6 Å². The fourth-order valence-corrected chi connectivity index (χ4v) is 4.75. The molecule has 1 aliphatic heterocycles. The lowest BCUT2D eigenvalue weighted by Gasteiger charge is -2.15. The lowest BCUT2D eigenvalue weighted by molar-refractivity contribution is 0.599. The van der Waals surface area contributed by atoms with Gasteiger partial charge >= 0.3 is 0 Å². The van der Waals surface area contributed by atoms with Crippen LogP contribution >= 0.6 is 35.7 Å². The molecule has 9 heteroatoms. The third-order valence-corrected chi connectivity index (χ3v) is 6.17. The van der Waals surface area contributed by atoms with E-state index in [1.165, 1.54) is 17.8 Å². The largest absolute Gasteiger partial charge is 0.357 e. The van der Waals surface area contributed by atoms with Crippen LogP contribution in [0.15, 0.2) is 34.2 Å². The van der Waals surface area contributed by atoms with E-state index in [1.807, 2.05) is 6.92 Å². The van der Waals surface area contributed by atoms with E-state index in [9.17, 15) is 12.8 Å². The molecular formula is C15H23FIN3O2S2. The van der Waals surface area contributed by atoms with Crippen molar-refractivity contribution in [2.75, 3.05) is 30.3 Å². The normalized spacial score (nSPS) is 19.6. The molecule has 1 aromatic carbocycles. The highest BCUT2D eigenvalue weighted by atomic mass is 127. The summed E-state index contributed by atoms with van der Waals surface area (Å²) in [5.41, 5.74) is 0. The molecule has 0 aromatic heterocycles. The second-order valence-electron chi connectivity index (χ2n) is 5.28. The fraction of sp³-hybridized carbons (Fsp3) is 0.533. The van der Waals surface area contributed by atoms with Gasteiger partial charge in [-0.1, -0.05) is 12.1 Å². The van der Waals surface area contributed by atoms with Gasteiger partial charge in [0.05, 0.1) is 18.1 Å². The number of aliphatic imine (C=N–C) groups is 1. The highest BCUT2D eigenvalue weighted by Crippen LogP contribution is 2.20. The number of thioether (sulfide) groups is 1. The summed E-state index contributed by atoms with van der Waals surface area (Å²) in [6.07, 6.45) is 0.608. The summed E-state index contributed by atoms with van der Waals surface area (Å²) < 4.78 is 36.5. The molecule has 1 atom stereocenters. The molecule has 1 aliphatic rings. The van der Waals surface area contributed by atoms with E-state index in [0.717, 1.165) is 0 Å². The van der Waals surface area contributed by atoms with Gasteiger partial charge in [0, 0.05) is 23.2 Å². The first-order valence-electron chi connectivity index (χ1n) is 7.63. The predicted octanol–water partition coefficient (Wildman–Crippen LogP) is 2.28. The molecule has 136 valence electrons. The van der Waals surface area contributed by atoms with E-state index in [2.05, 4.69) is 15.6 Å². The molecule has 0 bridgehead atoms. The van der Waals surface area contributed by atoms with Gasteiger partial charge in [0.1, 0.15) is 5.82 Å². The number of rotatable bonds is 6. The third-order valence-electron chi connectivity index (χ3n) is 3.37. The lowest BCUT2D eigenvalue weighted by atomic mass is 10.3. The van der Waals surface area contributed by atoms with Gasteiger partial charge in [-0.3, -0.25) is 4.99 Å². The SMILES string of the molecule is CCNC(=NCCSc1ccccc1F)NC1CCS(=O)(=O)C1.I. The van der Waals surface area contributed by atoms with Crippen molar-refractivity contribution >= 4 is 51.5 Å². The van der Waals surface area contributed by atoms with Gasteiger partial charge in [0.25, 0.3) is 0 Å². The fourth-order valence-electron chi connectivity index (χ4n) is 2.30. The zero-order valence-corrected chi connectivity index (χ0v) is 17.5. The summed E-state index contributed by atoms with van der Waals surface area (Å²) in [6, 6.07) is 6.58. The summed E-state index contributed by atoms with van der Waals surface area (Å²) in [6.45, 7) is 3.18. The van der Waals surface area contributed by atoms with Crippen LogP contribution in [0.1, 0.15) is 13.3 Å². The molecule has 0 spiro atoms. The number of benzene rings is 1. The van der Waals surface area contributed by atoms with Gasteiger partial charge in [-0.15, -0.1) is 35.7 Å². The standard InChI is InChI=1S/C15H22FN3O2S2.HI/c1-2-17-15(19-12-7-10-23(20,21)11-12)18-8-9-22-14-6-4-3-5-13(14)16;/h3-6,12H,2,7-11H2,1H3,(H2,17,18,19);1H. The Balaban J connectivity index is 0.00000288. The Morgan fingerprint density at radius 3 is 2.79 bits per heavy atom. The molecule has 1 saturated heterocycles. The summed E-state index contributed by atoms with van der Waals surface area (Å²) in [5, 5.41) is 6.27. The zero-order chi connectivity index (χ0) is 16.7. The minimum Gasteiger partial charge on any atom is -0.357 e. The summed E-state index contributed by atoms with van der Waals surface area (Å²) in [5.74, 6) is 1.43. The van der Waals surface area contributed by atoms with Gasteiger partial charge < -0.3 is 10.6 Å². The van der Waals surface area contributed by atoms with E-state index in [1.54, 1.807) is 18.2 Å². The van der Waals surface area contributed by atoms with Crippen molar-refractivity contribution in [3.05, 3.63) is 30.1 Å². The summed E-state index contributed by atoms with van der Waals surface area (Å²) >= 11 is 1.42. The molecule has 0 amide bonds. The van der Waals surface area contributed by atoms with Crippen molar-refractivity contribution in [2.24, 2.45) is 4.99 Å². The topological polar surface area (TPSA) is 70.6 Å². The molecule has 5 nitrogen and oxygen atoms in total. The van der Waals surface area contributed by atoms with E-state index < -0.39 is 9.84 Å². The predicted molar refractivity (Wildman–Crippen MR) is 109 cm³/mol. The molecule has 2 rings (SSSR count). The van der Waals surface area contributed by atoms with Crippen molar-refractivity contribution < 1.29 is 12.8 Å². The minimum absolute atomic E-state index is 0. The third kappa shape index (κ3) is 7.14. The Bertz CT molecular complexity index is 656. The Labute approximate surface area is 164 Å². The van der Waals surface area contributed by atoms with Crippen LogP contribution in [0, 0.1) is 5.82 Å². The summed E-state index contributed by atoms with van der Waals surface area (Å²) in [4.78, 5) is 5.04. The average Bonchev–Trinajstić information content (AvgIpc) is 2.84. The molecule has 24 heavy (non-hydrogen) atoms. The van der Waals surface area contributed by atoms with Crippen LogP contribution in [0.5, 0.6) is 0 Å². The maximum atomic E-state index is 13.5. The number of hydrogen-bond acceptors (Lipinski definition) is 4. The van der Waals surface area contributed by atoms with Gasteiger partial charge in [-0.25, -0.2) is 12.8 Å². The first-order chi connectivity index (χ1) is 11.0. The molecule has 0 radical (unpaired) electrons. The highest BCUT2D eigenvalue weighted by molar-refractivity contribution is 14.0. The number of guanidine groups is 1. The Morgan fingerprint density at radius 1 is 1.42 bits per heavy atom. The van der Waals surface area contributed by atoms with Crippen LogP contribution in [-0.4, -0.2) is 50.8 Å². The maximum absolute atomic E-state index is 13.5. The molecule has 2 N–H and O–H groups in total. The van der Waals surface area contributed by atoms with Crippen molar-refractivity contribution in [1.29, 1.82) is 0 Å². The van der Waals surface area contributed by atoms with Crippen LogP contribution in [0.25, 0.3) is 0 Å². The average molecular weight is 487 g/mol. The van der Waals surface area contributed by atoms with Crippen molar-refractivity contribution in [3.8, 4) is 0 Å². The molecule has 1 fully saturated rings. The van der Waals surface area contributed by atoms with Crippen LogP contribution < -0.4 is 10.6 Å². The van der Waals surface area contributed by atoms with Gasteiger partial charge in [0.2, 0.25) is 0 Å². The quantitative estimate of drug-likeness (QED) is 0.212. The molecule has 1 aromatic rings. The Kier molecular flexibility index (Phi) is 9.35. The van der Waals surface area contributed by atoms with E-state index in [4.69, 9.17) is 0 Å². The van der Waals surface area contributed by atoms with Gasteiger partial charge in [-0.2, -0.15) is 0 Å². The highest BCUT2D eigenvalue weighted by Gasteiger charge is 2.28. The number of nitrogens with zero attached hydrogens (tertiary/aromatic N) is 1. The Hall–Kier alpha value is -0.550. The second kappa shape index (κ2) is 10.4. The molecular weight excluding hydrogens is 464 g/mol. The Morgan fingerprint density at radius 2 is 2.17 bits per heavy atom. The zero-order valence-electron chi connectivity index (χ0n) is 13.5. The van der Waals surface area contributed by atoms with E-state index in [0.29, 0.717) is 36.1 Å². The lowest BCUT2D eigenvalue weighted by Crippen LogP contribution is -2.44. The van der Waals surface area contributed by atoms with Crippen LogP contribution in [0.4, 0.5) is 4.39 Å². The molecule has 0 saturated carbocycles. The number of halogens is 2. The van der Waals surface area contributed by atoms with Crippen LogP contribution in [-0.2, 0) is 9.84 Å². The number of sulfone groups is 1.